The first-order chi connectivity index (χ1) is 12.6. The molecule has 3 aliphatic heterocycles. The van der Waals surface area contributed by atoms with Crippen molar-refractivity contribution in [2.75, 3.05) is 18.1 Å². The topological polar surface area (TPSA) is 55.8 Å². The van der Waals surface area contributed by atoms with Crippen molar-refractivity contribution in [2.24, 2.45) is 11.8 Å². The highest BCUT2D eigenvalue weighted by molar-refractivity contribution is 6.02. The van der Waals surface area contributed by atoms with Crippen LogP contribution in [-0.4, -0.2) is 36.7 Å². The molecule has 0 aliphatic carbocycles. The summed E-state index contributed by atoms with van der Waals surface area (Å²) in [6.45, 7) is 4.99. The summed E-state index contributed by atoms with van der Waals surface area (Å²) in [6, 6.07) is 7.86. The molecule has 2 saturated heterocycles. The van der Waals surface area contributed by atoms with Gasteiger partial charge in [-0.25, -0.2) is 0 Å². The zero-order valence-electron chi connectivity index (χ0n) is 15.3. The second-order valence-electron chi connectivity index (χ2n) is 7.53. The number of ether oxygens (including phenoxy) is 2. The Hall–Kier alpha value is -2.14. The summed E-state index contributed by atoms with van der Waals surface area (Å²) in [4.78, 5) is 27.6. The number of unbranched alkanes of at least 4 members (excludes halogenated alkanes) is 2. The van der Waals surface area contributed by atoms with Crippen LogP contribution in [0.1, 0.15) is 31.7 Å². The van der Waals surface area contributed by atoms with Crippen molar-refractivity contribution in [1.82, 2.24) is 0 Å². The number of carbonyl (C=O) groups excluding carboxylic acids is 2. The van der Waals surface area contributed by atoms with Crippen molar-refractivity contribution in [3.8, 4) is 0 Å². The van der Waals surface area contributed by atoms with Crippen molar-refractivity contribution in [2.45, 2.75) is 44.8 Å². The number of fused-ring (bicyclic) bond motifs is 1. The number of hydrogen-bond donors (Lipinski definition) is 0. The number of amides is 1. The SMILES string of the molecule is CCCCCOC(=O)C1C2C=CC3(CN(c4ccc(C)cc4)C(=O)C13)O2. The van der Waals surface area contributed by atoms with E-state index in [1.807, 2.05) is 43.3 Å². The molecule has 1 aromatic carbocycles. The summed E-state index contributed by atoms with van der Waals surface area (Å²) in [7, 11) is 0. The Morgan fingerprint density at radius 1 is 1.31 bits per heavy atom. The van der Waals surface area contributed by atoms with E-state index in [9.17, 15) is 9.59 Å². The number of aryl methyl sites for hydroxylation is 1. The molecule has 0 aromatic heterocycles. The van der Waals surface area contributed by atoms with Gasteiger partial charge in [-0.1, -0.05) is 49.6 Å². The number of esters is 1. The number of carbonyl (C=O) groups is 2. The van der Waals surface area contributed by atoms with E-state index in [0.29, 0.717) is 13.2 Å². The van der Waals surface area contributed by atoms with E-state index in [0.717, 1.165) is 30.5 Å². The molecule has 26 heavy (non-hydrogen) atoms. The first kappa shape index (κ1) is 17.3. The van der Waals surface area contributed by atoms with E-state index in [-0.39, 0.29) is 18.0 Å². The normalized spacial score (nSPS) is 31.5. The highest BCUT2D eigenvalue weighted by Gasteiger charge is 2.67. The van der Waals surface area contributed by atoms with E-state index < -0.39 is 17.4 Å². The van der Waals surface area contributed by atoms with Gasteiger partial charge in [-0.2, -0.15) is 0 Å². The number of hydrogen-bond acceptors (Lipinski definition) is 4. The lowest BCUT2D eigenvalue weighted by Gasteiger charge is -2.22. The van der Waals surface area contributed by atoms with Crippen LogP contribution in [0.3, 0.4) is 0 Å². The second kappa shape index (κ2) is 6.54. The van der Waals surface area contributed by atoms with Crippen molar-refractivity contribution >= 4 is 17.6 Å². The fourth-order valence-corrected chi connectivity index (χ4v) is 4.33. The molecule has 138 valence electrons. The Labute approximate surface area is 154 Å². The average Bonchev–Trinajstić information content (AvgIpc) is 3.28. The predicted molar refractivity (Wildman–Crippen MR) is 97.7 cm³/mol. The lowest BCUT2D eigenvalue weighted by atomic mass is 9.77. The molecule has 1 spiro atoms. The fraction of sp³-hybridized carbons (Fsp3) is 0.524. The van der Waals surface area contributed by atoms with Crippen LogP contribution in [-0.2, 0) is 19.1 Å². The number of anilines is 1. The highest BCUT2D eigenvalue weighted by Crippen LogP contribution is 2.52. The molecule has 1 aromatic rings. The maximum Gasteiger partial charge on any atom is 0.312 e. The van der Waals surface area contributed by atoms with Crippen LogP contribution in [0.15, 0.2) is 36.4 Å². The first-order valence-corrected chi connectivity index (χ1v) is 9.47. The molecule has 4 atom stereocenters. The minimum absolute atomic E-state index is 0.0452. The van der Waals surface area contributed by atoms with Gasteiger partial charge in [0.2, 0.25) is 5.91 Å². The summed E-state index contributed by atoms with van der Waals surface area (Å²) < 4.78 is 11.6. The Morgan fingerprint density at radius 2 is 2.08 bits per heavy atom. The van der Waals surface area contributed by atoms with Gasteiger partial charge in [0.25, 0.3) is 0 Å². The molecular weight excluding hydrogens is 330 g/mol. The molecule has 1 amide bonds. The average molecular weight is 355 g/mol. The van der Waals surface area contributed by atoms with Crippen LogP contribution in [0, 0.1) is 18.8 Å². The van der Waals surface area contributed by atoms with E-state index in [1.54, 1.807) is 4.90 Å². The molecule has 0 radical (unpaired) electrons. The van der Waals surface area contributed by atoms with Crippen molar-refractivity contribution in [3.63, 3.8) is 0 Å². The third-order valence-corrected chi connectivity index (χ3v) is 5.71. The molecule has 2 bridgehead atoms. The zero-order valence-corrected chi connectivity index (χ0v) is 15.3. The van der Waals surface area contributed by atoms with Gasteiger partial charge in [-0.3, -0.25) is 9.59 Å². The van der Waals surface area contributed by atoms with Crippen molar-refractivity contribution in [1.29, 1.82) is 0 Å². The molecule has 0 saturated carbocycles. The monoisotopic (exact) mass is 355 g/mol. The second-order valence-corrected chi connectivity index (χ2v) is 7.53. The molecule has 4 rings (SSSR count). The van der Waals surface area contributed by atoms with Crippen LogP contribution < -0.4 is 4.90 Å². The van der Waals surface area contributed by atoms with Gasteiger partial charge in [-0.05, 0) is 25.5 Å². The minimum Gasteiger partial charge on any atom is -0.465 e. The summed E-state index contributed by atoms with van der Waals surface area (Å²) in [5.41, 5.74) is 1.30. The third kappa shape index (κ3) is 2.65. The first-order valence-electron chi connectivity index (χ1n) is 9.47. The molecule has 3 aliphatic rings. The van der Waals surface area contributed by atoms with Crippen LogP contribution in [0.4, 0.5) is 5.69 Å². The van der Waals surface area contributed by atoms with Gasteiger partial charge in [0.1, 0.15) is 11.5 Å². The van der Waals surface area contributed by atoms with E-state index >= 15 is 0 Å². The van der Waals surface area contributed by atoms with Crippen LogP contribution in [0.2, 0.25) is 0 Å². The van der Waals surface area contributed by atoms with Crippen molar-refractivity contribution in [3.05, 3.63) is 42.0 Å². The van der Waals surface area contributed by atoms with E-state index in [1.165, 1.54) is 0 Å². The third-order valence-electron chi connectivity index (χ3n) is 5.71. The van der Waals surface area contributed by atoms with Crippen LogP contribution in [0.25, 0.3) is 0 Å². The molecule has 5 nitrogen and oxygen atoms in total. The summed E-state index contributed by atoms with van der Waals surface area (Å²) in [5, 5.41) is 0. The zero-order chi connectivity index (χ0) is 18.3. The molecule has 0 N–H and O–H groups in total. The summed E-state index contributed by atoms with van der Waals surface area (Å²) in [6.07, 6.45) is 6.50. The smallest absolute Gasteiger partial charge is 0.312 e. The van der Waals surface area contributed by atoms with Crippen LogP contribution >= 0.6 is 0 Å². The minimum atomic E-state index is -0.695. The molecule has 2 fully saturated rings. The van der Waals surface area contributed by atoms with Gasteiger partial charge >= 0.3 is 5.97 Å². The Bertz CT molecular complexity index is 741. The Kier molecular flexibility index (Phi) is 4.35. The molecular formula is C21H25NO4. The maximum atomic E-state index is 13.2. The standard InChI is InChI=1S/C21H25NO4/c1-3-4-5-12-25-20(24)17-16-10-11-21(26-16)13-22(19(23)18(17)21)15-8-6-14(2)7-9-15/h6-11,16-18H,3-5,12-13H2,1-2H3. The number of benzene rings is 1. The van der Waals surface area contributed by atoms with Gasteiger partial charge in [0.15, 0.2) is 0 Å². The van der Waals surface area contributed by atoms with E-state index in [2.05, 4.69) is 6.92 Å². The van der Waals surface area contributed by atoms with E-state index in [4.69, 9.17) is 9.47 Å². The quantitative estimate of drug-likeness (QED) is 0.447. The summed E-state index contributed by atoms with van der Waals surface area (Å²) >= 11 is 0. The lowest BCUT2D eigenvalue weighted by molar-refractivity contribution is -0.152. The Morgan fingerprint density at radius 3 is 2.81 bits per heavy atom. The molecule has 5 heteroatoms. The van der Waals surface area contributed by atoms with Crippen molar-refractivity contribution < 1.29 is 19.1 Å². The van der Waals surface area contributed by atoms with Gasteiger partial charge < -0.3 is 14.4 Å². The Balaban J connectivity index is 1.53. The number of nitrogens with zero attached hydrogens (tertiary/aromatic N) is 1. The van der Waals surface area contributed by atoms with Gasteiger partial charge in [0, 0.05) is 5.69 Å². The lowest BCUT2D eigenvalue weighted by Crippen LogP contribution is -2.40. The molecule has 3 heterocycles. The largest absolute Gasteiger partial charge is 0.465 e. The highest BCUT2D eigenvalue weighted by atomic mass is 16.6. The van der Waals surface area contributed by atoms with Gasteiger partial charge in [-0.15, -0.1) is 0 Å². The van der Waals surface area contributed by atoms with Crippen LogP contribution in [0.5, 0.6) is 0 Å². The number of rotatable bonds is 6. The fourth-order valence-electron chi connectivity index (χ4n) is 4.33. The summed E-state index contributed by atoms with van der Waals surface area (Å²) in [5.74, 6) is -1.38. The van der Waals surface area contributed by atoms with Gasteiger partial charge in [0.05, 0.1) is 25.2 Å². The predicted octanol–water partition coefficient (Wildman–Crippen LogP) is 3.01. The maximum absolute atomic E-state index is 13.2. The molecule has 4 unspecified atom stereocenters.